The highest BCUT2D eigenvalue weighted by Crippen LogP contribution is 2.14. The number of imidazole rings is 1. The summed E-state index contributed by atoms with van der Waals surface area (Å²) in [7, 11) is 1.54. The summed E-state index contributed by atoms with van der Waals surface area (Å²) in [5, 5.41) is 0. The van der Waals surface area contributed by atoms with E-state index in [1.807, 2.05) is 0 Å². The van der Waals surface area contributed by atoms with E-state index >= 15 is 0 Å². The Morgan fingerprint density at radius 3 is 2.79 bits per heavy atom. The van der Waals surface area contributed by atoms with Gasteiger partial charge in [-0.1, -0.05) is 6.07 Å². The zero-order valence-corrected chi connectivity index (χ0v) is 14.8. The average Bonchev–Trinajstić information content (AvgIpc) is 3.09. The lowest BCUT2D eigenvalue weighted by atomic mass is 10.2. The van der Waals surface area contributed by atoms with Gasteiger partial charge in [0.05, 0.1) is 17.6 Å². The van der Waals surface area contributed by atoms with Crippen molar-refractivity contribution in [1.29, 1.82) is 0 Å². The van der Waals surface area contributed by atoms with Crippen molar-refractivity contribution in [3.05, 3.63) is 76.4 Å². The Bertz CT molecular complexity index is 1220. The first-order valence-electron chi connectivity index (χ1n) is 8.41. The summed E-state index contributed by atoms with van der Waals surface area (Å²) < 4.78 is 13.3. The number of halogens is 1. The molecule has 0 atom stereocenters. The van der Waals surface area contributed by atoms with Crippen molar-refractivity contribution in [2.45, 2.75) is 6.54 Å². The van der Waals surface area contributed by atoms with Crippen LogP contribution in [-0.4, -0.2) is 42.8 Å². The van der Waals surface area contributed by atoms with E-state index < -0.39 is 11.5 Å². The van der Waals surface area contributed by atoms with E-state index in [0.717, 1.165) is 0 Å². The van der Waals surface area contributed by atoms with Crippen LogP contribution in [0.15, 0.2) is 53.6 Å². The lowest BCUT2D eigenvalue weighted by Gasteiger charge is -2.15. The number of aromatic nitrogens is 5. The lowest BCUT2D eigenvalue weighted by molar-refractivity contribution is 0.0779. The molecule has 0 saturated heterocycles. The number of nitrogens with zero attached hydrogens (tertiary/aromatic N) is 4. The summed E-state index contributed by atoms with van der Waals surface area (Å²) in [4.78, 5) is 44.4. The summed E-state index contributed by atoms with van der Waals surface area (Å²) in [5.74, 6) is -0.124. The number of pyridine rings is 1. The highest BCUT2D eigenvalue weighted by atomic mass is 19.1. The number of amides is 1. The highest BCUT2D eigenvalue weighted by molar-refractivity contribution is 5.93. The van der Waals surface area contributed by atoms with Crippen molar-refractivity contribution in [3.63, 3.8) is 0 Å². The van der Waals surface area contributed by atoms with Gasteiger partial charge < -0.3 is 14.9 Å². The quantitative estimate of drug-likeness (QED) is 0.566. The Hall–Kier alpha value is -3.88. The van der Waals surface area contributed by atoms with Gasteiger partial charge in [0, 0.05) is 19.4 Å². The van der Waals surface area contributed by atoms with Gasteiger partial charge in [0.15, 0.2) is 5.82 Å². The average molecular weight is 378 g/mol. The van der Waals surface area contributed by atoms with Crippen LogP contribution in [0.3, 0.4) is 0 Å². The minimum atomic E-state index is -0.556. The molecule has 140 valence electrons. The molecule has 0 radical (unpaired) electrons. The van der Waals surface area contributed by atoms with Crippen LogP contribution in [0.25, 0.3) is 22.6 Å². The predicted octanol–water partition coefficient (Wildman–Crippen LogP) is 2.12. The van der Waals surface area contributed by atoms with E-state index in [1.54, 1.807) is 37.5 Å². The number of carbonyl (C=O) groups is 1. The molecule has 0 unspecified atom stereocenters. The molecule has 9 heteroatoms. The minimum absolute atomic E-state index is 0.0932. The van der Waals surface area contributed by atoms with Gasteiger partial charge in [0.25, 0.3) is 11.5 Å². The molecule has 4 rings (SSSR count). The Labute approximate surface area is 158 Å². The molecule has 0 aliphatic carbocycles. The first-order valence-corrected chi connectivity index (χ1v) is 8.41. The maximum Gasteiger partial charge on any atom is 0.264 e. The molecule has 0 fully saturated rings. The predicted molar refractivity (Wildman–Crippen MR) is 99.9 cm³/mol. The smallest absolute Gasteiger partial charge is 0.264 e. The largest absolute Gasteiger partial charge is 0.340 e. The SMILES string of the molecule is CN(Cc1nc2ccc(F)cc2[nH]1)C(=O)c1cnc(-c2ccccn2)[nH]c1=O. The van der Waals surface area contributed by atoms with Gasteiger partial charge in [-0.2, -0.15) is 0 Å². The minimum Gasteiger partial charge on any atom is -0.340 e. The van der Waals surface area contributed by atoms with Crippen molar-refractivity contribution in [1.82, 2.24) is 29.8 Å². The maximum atomic E-state index is 13.3. The summed E-state index contributed by atoms with van der Waals surface area (Å²) >= 11 is 0. The molecule has 0 bridgehead atoms. The van der Waals surface area contributed by atoms with E-state index in [4.69, 9.17) is 0 Å². The first-order chi connectivity index (χ1) is 13.5. The summed E-state index contributed by atoms with van der Waals surface area (Å²) in [6, 6.07) is 9.43. The summed E-state index contributed by atoms with van der Waals surface area (Å²) in [6.45, 7) is 0.122. The molecule has 2 N–H and O–H groups in total. The maximum absolute atomic E-state index is 13.3. The lowest BCUT2D eigenvalue weighted by Crippen LogP contribution is -2.32. The molecule has 1 aromatic carbocycles. The Balaban J connectivity index is 1.55. The van der Waals surface area contributed by atoms with Crippen molar-refractivity contribution in [2.75, 3.05) is 7.05 Å². The number of hydrogen-bond donors (Lipinski definition) is 2. The van der Waals surface area contributed by atoms with Gasteiger partial charge >= 0.3 is 0 Å². The van der Waals surface area contributed by atoms with Crippen LogP contribution in [0.1, 0.15) is 16.2 Å². The third kappa shape index (κ3) is 3.37. The third-order valence-corrected chi connectivity index (χ3v) is 4.16. The zero-order chi connectivity index (χ0) is 19.7. The number of carbonyl (C=O) groups excluding carboxylic acids is 1. The fourth-order valence-electron chi connectivity index (χ4n) is 2.79. The molecule has 0 spiro atoms. The number of benzene rings is 1. The van der Waals surface area contributed by atoms with E-state index in [2.05, 4.69) is 24.9 Å². The van der Waals surface area contributed by atoms with Crippen LogP contribution in [0.2, 0.25) is 0 Å². The fraction of sp³-hybridized carbons (Fsp3) is 0.105. The number of H-pyrrole nitrogens is 2. The van der Waals surface area contributed by atoms with Crippen LogP contribution in [0, 0.1) is 5.82 Å². The van der Waals surface area contributed by atoms with Crippen molar-refractivity contribution in [2.24, 2.45) is 0 Å². The number of rotatable bonds is 4. The monoisotopic (exact) mass is 378 g/mol. The van der Waals surface area contributed by atoms with Gasteiger partial charge in [-0.25, -0.2) is 14.4 Å². The van der Waals surface area contributed by atoms with Gasteiger partial charge in [0.1, 0.15) is 22.9 Å². The van der Waals surface area contributed by atoms with Crippen LogP contribution in [0.4, 0.5) is 4.39 Å². The van der Waals surface area contributed by atoms with Gasteiger partial charge in [0.2, 0.25) is 0 Å². The normalized spacial score (nSPS) is 10.9. The molecule has 28 heavy (non-hydrogen) atoms. The third-order valence-electron chi connectivity index (χ3n) is 4.16. The molecule has 1 amide bonds. The summed E-state index contributed by atoms with van der Waals surface area (Å²) in [6.07, 6.45) is 2.82. The topological polar surface area (TPSA) is 108 Å². The number of hydrogen-bond acceptors (Lipinski definition) is 5. The standard InChI is InChI=1S/C19H15FN6O2/c1-26(10-16-23-13-6-5-11(20)8-15(13)24-16)19(28)12-9-22-17(25-18(12)27)14-4-2-3-7-21-14/h2-9H,10H2,1H3,(H,23,24)(H,22,25,27). The molecular weight excluding hydrogens is 363 g/mol. The first kappa shape index (κ1) is 17.5. The fourth-order valence-corrected chi connectivity index (χ4v) is 2.79. The van der Waals surface area contributed by atoms with Crippen LogP contribution < -0.4 is 5.56 Å². The van der Waals surface area contributed by atoms with E-state index in [-0.39, 0.29) is 23.7 Å². The second-order valence-electron chi connectivity index (χ2n) is 6.20. The molecule has 0 aliphatic heterocycles. The molecular formula is C19H15FN6O2. The van der Waals surface area contributed by atoms with E-state index in [9.17, 15) is 14.0 Å². The molecule has 3 aromatic heterocycles. The zero-order valence-electron chi connectivity index (χ0n) is 14.8. The van der Waals surface area contributed by atoms with Crippen molar-refractivity contribution in [3.8, 4) is 11.5 Å². The number of fused-ring (bicyclic) bond motifs is 1. The van der Waals surface area contributed by atoms with Gasteiger partial charge in [-0.05, 0) is 30.3 Å². The molecule has 0 aliphatic rings. The van der Waals surface area contributed by atoms with Crippen LogP contribution in [0.5, 0.6) is 0 Å². The van der Waals surface area contributed by atoms with Crippen LogP contribution in [-0.2, 0) is 6.54 Å². The second kappa shape index (κ2) is 7.03. The van der Waals surface area contributed by atoms with Crippen molar-refractivity contribution >= 4 is 16.9 Å². The molecule has 0 saturated carbocycles. The second-order valence-corrected chi connectivity index (χ2v) is 6.20. The van der Waals surface area contributed by atoms with Crippen molar-refractivity contribution < 1.29 is 9.18 Å². The summed E-state index contributed by atoms with van der Waals surface area (Å²) in [5.41, 5.74) is 0.983. The highest BCUT2D eigenvalue weighted by Gasteiger charge is 2.18. The van der Waals surface area contributed by atoms with Gasteiger partial charge in [-0.3, -0.25) is 14.6 Å². The molecule has 8 nitrogen and oxygen atoms in total. The Morgan fingerprint density at radius 1 is 1.18 bits per heavy atom. The van der Waals surface area contributed by atoms with Crippen LogP contribution >= 0.6 is 0 Å². The van der Waals surface area contributed by atoms with Gasteiger partial charge in [-0.15, -0.1) is 0 Å². The number of aromatic amines is 2. The Morgan fingerprint density at radius 2 is 2.04 bits per heavy atom. The molecule has 3 heterocycles. The van der Waals surface area contributed by atoms with E-state index in [0.29, 0.717) is 22.6 Å². The molecule has 4 aromatic rings. The Kier molecular flexibility index (Phi) is 4.40. The van der Waals surface area contributed by atoms with E-state index in [1.165, 1.54) is 23.2 Å². The number of nitrogens with one attached hydrogen (secondary N) is 2.